The summed E-state index contributed by atoms with van der Waals surface area (Å²) in [6, 6.07) is 0. The van der Waals surface area contributed by atoms with Gasteiger partial charge in [-0.3, -0.25) is 4.79 Å². The molecule has 2 atom stereocenters. The van der Waals surface area contributed by atoms with E-state index in [9.17, 15) is 4.79 Å². The Hall–Kier alpha value is -0.610. The first-order valence-corrected chi connectivity index (χ1v) is 5.18. The van der Waals surface area contributed by atoms with Crippen LogP contribution in [-0.2, 0) is 14.3 Å². The summed E-state index contributed by atoms with van der Waals surface area (Å²) in [6.07, 6.45) is 2.91. The third-order valence-electron chi connectivity index (χ3n) is 2.28. The lowest BCUT2D eigenvalue weighted by Gasteiger charge is -2.12. The number of aliphatic hydroxyl groups excluding tert-OH is 1. The predicted octanol–water partition coefficient (Wildman–Crippen LogP) is 0.870. The SMILES string of the molecule is CCCC(=O)OCC1CCC(CO)O1. The molecule has 0 spiro atoms. The lowest BCUT2D eigenvalue weighted by molar-refractivity contribution is -0.147. The van der Waals surface area contributed by atoms with E-state index in [0.29, 0.717) is 13.0 Å². The van der Waals surface area contributed by atoms with Crippen LogP contribution in [0.4, 0.5) is 0 Å². The Balaban J connectivity index is 2.11. The summed E-state index contributed by atoms with van der Waals surface area (Å²) in [7, 11) is 0. The Kier molecular flexibility index (Phi) is 4.90. The number of hydrogen-bond donors (Lipinski definition) is 1. The summed E-state index contributed by atoms with van der Waals surface area (Å²) in [5.74, 6) is -0.163. The van der Waals surface area contributed by atoms with E-state index in [-0.39, 0.29) is 24.8 Å². The smallest absolute Gasteiger partial charge is 0.305 e. The van der Waals surface area contributed by atoms with Gasteiger partial charge in [-0.2, -0.15) is 0 Å². The van der Waals surface area contributed by atoms with Crippen molar-refractivity contribution in [2.24, 2.45) is 0 Å². The zero-order valence-electron chi connectivity index (χ0n) is 8.57. The Morgan fingerprint density at radius 2 is 2.21 bits per heavy atom. The highest BCUT2D eigenvalue weighted by molar-refractivity contribution is 5.69. The molecule has 0 aromatic carbocycles. The van der Waals surface area contributed by atoms with Crippen molar-refractivity contribution < 1.29 is 19.4 Å². The Labute approximate surface area is 84.2 Å². The van der Waals surface area contributed by atoms with Crippen LogP contribution in [0.15, 0.2) is 0 Å². The van der Waals surface area contributed by atoms with E-state index in [0.717, 1.165) is 19.3 Å². The van der Waals surface area contributed by atoms with Crippen LogP contribution >= 0.6 is 0 Å². The van der Waals surface area contributed by atoms with E-state index in [2.05, 4.69) is 0 Å². The molecule has 0 radical (unpaired) electrons. The second-order valence-electron chi connectivity index (χ2n) is 3.57. The van der Waals surface area contributed by atoms with Gasteiger partial charge in [0.2, 0.25) is 0 Å². The first-order valence-electron chi connectivity index (χ1n) is 5.18. The number of carbonyl (C=O) groups excluding carboxylic acids is 1. The number of hydrogen-bond acceptors (Lipinski definition) is 4. The molecule has 4 heteroatoms. The van der Waals surface area contributed by atoms with Crippen LogP contribution in [0.3, 0.4) is 0 Å². The number of aliphatic hydroxyl groups is 1. The molecule has 0 saturated carbocycles. The second kappa shape index (κ2) is 5.98. The lowest BCUT2D eigenvalue weighted by Crippen LogP contribution is -2.20. The van der Waals surface area contributed by atoms with Gasteiger partial charge in [0, 0.05) is 6.42 Å². The van der Waals surface area contributed by atoms with E-state index < -0.39 is 0 Å². The first kappa shape index (κ1) is 11.5. The molecule has 0 aliphatic carbocycles. The second-order valence-corrected chi connectivity index (χ2v) is 3.57. The molecule has 82 valence electrons. The highest BCUT2D eigenvalue weighted by Crippen LogP contribution is 2.19. The molecule has 1 saturated heterocycles. The van der Waals surface area contributed by atoms with Crippen LogP contribution < -0.4 is 0 Å². The highest BCUT2D eigenvalue weighted by Gasteiger charge is 2.25. The minimum atomic E-state index is -0.163. The van der Waals surface area contributed by atoms with E-state index in [4.69, 9.17) is 14.6 Å². The molecule has 14 heavy (non-hydrogen) atoms. The van der Waals surface area contributed by atoms with E-state index in [1.54, 1.807) is 0 Å². The summed E-state index contributed by atoms with van der Waals surface area (Å²) in [5, 5.41) is 8.81. The topological polar surface area (TPSA) is 55.8 Å². The number of rotatable bonds is 5. The predicted molar refractivity (Wildman–Crippen MR) is 50.8 cm³/mol. The highest BCUT2D eigenvalue weighted by atomic mass is 16.6. The van der Waals surface area contributed by atoms with Crippen molar-refractivity contribution in [3.05, 3.63) is 0 Å². The maximum Gasteiger partial charge on any atom is 0.305 e. The van der Waals surface area contributed by atoms with Crippen molar-refractivity contribution in [2.75, 3.05) is 13.2 Å². The average molecular weight is 202 g/mol. The third kappa shape index (κ3) is 3.64. The maximum absolute atomic E-state index is 11.0. The third-order valence-corrected chi connectivity index (χ3v) is 2.28. The quantitative estimate of drug-likeness (QED) is 0.672. The van der Waals surface area contributed by atoms with Crippen LogP contribution in [0.5, 0.6) is 0 Å². The van der Waals surface area contributed by atoms with Gasteiger partial charge in [-0.05, 0) is 19.3 Å². The van der Waals surface area contributed by atoms with Gasteiger partial charge in [0.05, 0.1) is 18.8 Å². The van der Waals surface area contributed by atoms with Gasteiger partial charge in [0.15, 0.2) is 0 Å². The van der Waals surface area contributed by atoms with Crippen molar-refractivity contribution >= 4 is 5.97 Å². The minimum absolute atomic E-state index is 0.0204. The monoisotopic (exact) mass is 202 g/mol. The van der Waals surface area contributed by atoms with E-state index >= 15 is 0 Å². The summed E-state index contributed by atoms with van der Waals surface area (Å²) in [4.78, 5) is 11.0. The summed E-state index contributed by atoms with van der Waals surface area (Å²) >= 11 is 0. The van der Waals surface area contributed by atoms with Crippen molar-refractivity contribution in [3.8, 4) is 0 Å². The zero-order chi connectivity index (χ0) is 10.4. The Morgan fingerprint density at radius 3 is 2.79 bits per heavy atom. The van der Waals surface area contributed by atoms with Crippen LogP contribution in [0.2, 0.25) is 0 Å². The van der Waals surface area contributed by atoms with Crippen LogP contribution in [0, 0.1) is 0 Å². The van der Waals surface area contributed by atoms with Gasteiger partial charge >= 0.3 is 5.97 Å². The molecule has 1 heterocycles. The molecule has 4 nitrogen and oxygen atoms in total. The first-order chi connectivity index (χ1) is 6.76. The summed E-state index contributed by atoms with van der Waals surface area (Å²) in [5.41, 5.74) is 0. The number of esters is 1. The molecule has 1 aliphatic rings. The fourth-order valence-electron chi connectivity index (χ4n) is 1.50. The number of carbonyl (C=O) groups is 1. The maximum atomic E-state index is 11.0. The van der Waals surface area contributed by atoms with Crippen molar-refractivity contribution in [3.63, 3.8) is 0 Å². The van der Waals surface area contributed by atoms with E-state index in [1.165, 1.54) is 0 Å². The van der Waals surface area contributed by atoms with Crippen molar-refractivity contribution in [1.82, 2.24) is 0 Å². The van der Waals surface area contributed by atoms with Gasteiger partial charge < -0.3 is 14.6 Å². The molecule has 0 aromatic heterocycles. The molecule has 0 aromatic rings. The molecule has 2 unspecified atom stereocenters. The Bertz CT molecular complexity index is 181. The molecule has 1 fully saturated rings. The average Bonchev–Trinajstić information content (AvgIpc) is 2.63. The molecule has 1 rings (SSSR count). The summed E-state index contributed by atoms with van der Waals surface area (Å²) < 4.78 is 10.4. The van der Waals surface area contributed by atoms with Gasteiger partial charge in [-0.15, -0.1) is 0 Å². The fourth-order valence-corrected chi connectivity index (χ4v) is 1.50. The normalized spacial score (nSPS) is 26.4. The van der Waals surface area contributed by atoms with Crippen LogP contribution in [-0.4, -0.2) is 36.5 Å². The van der Waals surface area contributed by atoms with Crippen LogP contribution in [0.1, 0.15) is 32.6 Å². The Morgan fingerprint density at radius 1 is 1.50 bits per heavy atom. The molecule has 0 bridgehead atoms. The van der Waals surface area contributed by atoms with Crippen molar-refractivity contribution in [2.45, 2.75) is 44.8 Å². The van der Waals surface area contributed by atoms with Gasteiger partial charge in [0.1, 0.15) is 6.61 Å². The minimum Gasteiger partial charge on any atom is -0.463 e. The van der Waals surface area contributed by atoms with Crippen LogP contribution in [0.25, 0.3) is 0 Å². The standard InChI is InChI=1S/C10H18O4/c1-2-3-10(12)13-7-9-5-4-8(6-11)14-9/h8-9,11H,2-7H2,1H3. The molecule has 1 aliphatic heterocycles. The van der Waals surface area contributed by atoms with Gasteiger partial charge in [-0.1, -0.05) is 6.92 Å². The van der Waals surface area contributed by atoms with E-state index in [1.807, 2.05) is 6.92 Å². The summed E-state index contributed by atoms with van der Waals surface area (Å²) in [6.45, 7) is 2.32. The largest absolute Gasteiger partial charge is 0.463 e. The molecule has 1 N–H and O–H groups in total. The van der Waals surface area contributed by atoms with Crippen molar-refractivity contribution in [1.29, 1.82) is 0 Å². The molecular formula is C10H18O4. The molecular weight excluding hydrogens is 184 g/mol. The zero-order valence-corrected chi connectivity index (χ0v) is 8.57. The van der Waals surface area contributed by atoms with Gasteiger partial charge in [0.25, 0.3) is 0 Å². The van der Waals surface area contributed by atoms with Gasteiger partial charge in [-0.25, -0.2) is 0 Å². The fraction of sp³-hybridized carbons (Fsp3) is 0.900. The lowest BCUT2D eigenvalue weighted by atomic mass is 10.2. The molecule has 0 amide bonds. The number of ether oxygens (including phenoxy) is 2.